The van der Waals surface area contributed by atoms with Crippen molar-refractivity contribution in [3.05, 3.63) is 11.8 Å². The predicted octanol–water partition coefficient (Wildman–Crippen LogP) is 2.85. The maximum Gasteiger partial charge on any atom is 0.433 e. The van der Waals surface area contributed by atoms with Gasteiger partial charge in [0.25, 0.3) is 0 Å². The first-order valence-corrected chi connectivity index (χ1v) is 6.93. The van der Waals surface area contributed by atoms with Crippen molar-refractivity contribution < 1.29 is 13.2 Å². The molecule has 4 nitrogen and oxygen atoms in total. The smallest absolute Gasteiger partial charge is 0.368 e. The Bertz CT molecular complexity index is 503. The molecule has 1 aromatic heterocycles. The van der Waals surface area contributed by atoms with Crippen LogP contribution in [-0.2, 0) is 6.18 Å². The summed E-state index contributed by atoms with van der Waals surface area (Å²) < 4.78 is 38.4. The molecule has 2 atom stereocenters. The van der Waals surface area contributed by atoms with Gasteiger partial charge in [-0.05, 0) is 25.2 Å². The molecule has 1 aliphatic carbocycles. The van der Waals surface area contributed by atoms with Gasteiger partial charge in [-0.3, -0.25) is 0 Å². The molecule has 2 unspecified atom stereocenters. The SMILES string of the molecule is Nc1nc(N2CCC3CCCCC32)cc(C(F)(F)F)n1. The summed E-state index contributed by atoms with van der Waals surface area (Å²) in [6.07, 6.45) is 1.07. The largest absolute Gasteiger partial charge is 0.433 e. The molecular formula is C13H17F3N4. The number of halogens is 3. The number of hydrogen-bond donors (Lipinski definition) is 1. The van der Waals surface area contributed by atoms with Crippen molar-refractivity contribution in [2.75, 3.05) is 17.2 Å². The molecule has 2 aliphatic rings. The number of alkyl halides is 3. The summed E-state index contributed by atoms with van der Waals surface area (Å²) in [4.78, 5) is 9.29. The number of anilines is 2. The lowest BCUT2D eigenvalue weighted by molar-refractivity contribution is -0.141. The molecule has 3 rings (SSSR count). The van der Waals surface area contributed by atoms with E-state index < -0.39 is 11.9 Å². The standard InChI is InChI=1S/C13H17F3N4/c14-13(15,16)10-7-11(19-12(17)18-10)20-6-5-8-3-1-2-4-9(8)20/h7-9H,1-6H2,(H2,17,18,19). The van der Waals surface area contributed by atoms with Crippen molar-refractivity contribution in [1.82, 2.24) is 9.97 Å². The minimum atomic E-state index is -4.49. The van der Waals surface area contributed by atoms with Crippen LogP contribution in [0.5, 0.6) is 0 Å². The molecule has 0 bridgehead atoms. The van der Waals surface area contributed by atoms with Crippen LogP contribution in [0.3, 0.4) is 0 Å². The summed E-state index contributed by atoms with van der Waals surface area (Å²) in [6, 6.07) is 1.33. The monoisotopic (exact) mass is 286 g/mol. The number of rotatable bonds is 1. The second kappa shape index (κ2) is 4.79. The number of fused-ring (bicyclic) bond motifs is 1. The van der Waals surface area contributed by atoms with E-state index in [1.807, 2.05) is 4.90 Å². The first-order valence-electron chi connectivity index (χ1n) is 6.93. The second-order valence-electron chi connectivity index (χ2n) is 5.56. The van der Waals surface area contributed by atoms with Crippen molar-refractivity contribution >= 4 is 11.8 Å². The Labute approximate surface area is 115 Å². The maximum atomic E-state index is 12.8. The summed E-state index contributed by atoms with van der Waals surface area (Å²) in [5, 5.41) is 0. The van der Waals surface area contributed by atoms with Gasteiger partial charge < -0.3 is 10.6 Å². The van der Waals surface area contributed by atoms with Gasteiger partial charge in [-0.25, -0.2) is 4.98 Å². The van der Waals surface area contributed by atoms with Crippen LogP contribution in [0.2, 0.25) is 0 Å². The number of aromatic nitrogens is 2. The van der Waals surface area contributed by atoms with Crippen molar-refractivity contribution in [3.8, 4) is 0 Å². The molecule has 1 aromatic rings. The fraction of sp³-hybridized carbons (Fsp3) is 0.692. The van der Waals surface area contributed by atoms with Gasteiger partial charge in [0.1, 0.15) is 5.82 Å². The van der Waals surface area contributed by atoms with E-state index in [1.165, 1.54) is 6.42 Å². The Morgan fingerprint density at radius 2 is 1.90 bits per heavy atom. The number of nitrogen functional groups attached to an aromatic ring is 1. The maximum absolute atomic E-state index is 12.8. The second-order valence-corrected chi connectivity index (χ2v) is 5.56. The third-order valence-corrected chi connectivity index (χ3v) is 4.32. The van der Waals surface area contributed by atoms with E-state index in [4.69, 9.17) is 5.73 Å². The van der Waals surface area contributed by atoms with Crippen LogP contribution in [0.4, 0.5) is 24.9 Å². The Morgan fingerprint density at radius 3 is 2.65 bits per heavy atom. The zero-order valence-electron chi connectivity index (χ0n) is 11.0. The quantitative estimate of drug-likeness (QED) is 0.862. The Hall–Kier alpha value is -1.53. The predicted molar refractivity (Wildman–Crippen MR) is 69.2 cm³/mol. The summed E-state index contributed by atoms with van der Waals surface area (Å²) in [7, 11) is 0. The van der Waals surface area contributed by atoms with Crippen LogP contribution in [0.15, 0.2) is 6.07 Å². The van der Waals surface area contributed by atoms with Crippen LogP contribution in [0.25, 0.3) is 0 Å². The normalized spacial score (nSPS) is 26.6. The Balaban J connectivity index is 1.92. The fourth-order valence-electron chi connectivity index (χ4n) is 3.44. The minimum Gasteiger partial charge on any atom is -0.368 e. The first-order chi connectivity index (χ1) is 9.45. The zero-order chi connectivity index (χ0) is 14.3. The van der Waals surface area contributed by atoms with Crippen LogP contribution in [-0.4, -0.2) is 22.6 Å². The third kappa shape index (κ3) is 2.41. The van der Waals surface area contributed by atoms with Crippen LogP contribution in [0.1, 0.15) is 37.8 Å². The number of nitrogens with zero attached hydrogens (tertiary/aromatic N) is 3. The molecular weight excluding hydrogens is 269 g/mol. The molecule has 2 N–H and O–H groups in total. The molecule has 0 aromatic carbocycles. The molecule has 2 heterocycles. The van der Waals surface area contributed by atoms with E-state index in [0.717, 1.165) is 38.3 Å². The minimum absolute atomic E-state index is 0.305. The van der Waals surface area contributed by atoms with E-state index in [9.17, 15) is 13.2 Å². The molecule has 2 fully saturated rings. The van der Waals surface area contributed by atoms with Crippen LogP contribution >= 0.6 is 0 Å². The molecule has 1 saturated heterocycles. The zero-order valence-corrected chi connectivity index (χ0v) is 11.0. The first kappa shape index (κ1) is 13.5. The fourth-order valence-corrected chi connectivity index (χ4v) is 3.44. The van der Waals surface area contributed by atoms with E-state index in [1.54, 1.807) is 0 Å². The van der Waals surface area contributed by atoms with Crippen molar-refractivity contribution in [2.45, 2.75) is 44.3 Å². The van der Waals surface area contributed by atoms with E-state index in [0.29, 0.717) is 17.8 Å². The molecule has 7 heteroatoms. The van der Waals surface area contributed by atoms with Gasteiger partial charge >= 0.3 is 6.18 Å². The van der Waals surface area contributed by atoms with Gasteiger partial charge in [-0.1, -0.05) is 12.8 Å². The number of nitrogens with two attached hydrogens (primary N) is 1. The molecule has 0 spiro atoms. The van der Waals surface area contributed by atoms with Gasteiger partial charge in [-0.2, -0.15) is 18.2 Å². The lowest BCUT2D eigenvalue weighted by Crippen LogP contribution is -2.35. The van der Waals surface area contributed by atoms with Crippen molar-refractivity contribution in [2.24, 2.45) is 5.92 Å². The highest BCUT2D eigenvalue weighted by Gasteiger charge is 2.38. The van der Waals surface area contributed by atoms with Crippen LogP contribution < -0.4 is 10.6 Å². The molecule has 0 radical (unpaired) electrons. The average Bonchev–Trinajstić information content (AvgIpc) is 2.80. The molecule has 110 valence electrons. The van der Waals surface area contributed by atoms with Gasteiger partial charge in [0.05, 0.1) is 0 Å². The van der Waals surface area contributed by atoms with Crippen molar-refractivity contribution in [3.63, 3.8) is 0 Å². The lowest BCUT2D eigenvalue weighted by Gasteiger charge is -2.32. The highest BCUT2D eigenvalue weighted by molar-refractivity contribution is 5.46. The highest BCUT2D eigenvalue weighted by Crippen LogP contribution is 2.39. The lowest BCUT2D eigenvalue weighted by atomic mass is 9.85. The summed E-state index contributed by atoms with van der Waals surface area (Å²) in [5.41, 5.74) is 4.48. The van der Waals surface area contributed by atoms with E-state index in [2.05, 4.69) is 9.97 Å². The highest BCUT2D eigenvalue weighted by atomic mass is 19.4. The summed E-state index contributed by atoms with van der Waals surface area (Å²) in [5.74, 6) is 0.586. The summed E-state index contributed by atoms with van der Waals surface area (Å²) >= 11 is 0. The van der Waals surface area contributed by atoms with Gasteiger partial charge in [-0.15, -0.1) is 0 Å². The van der Waals surface area contributed by atoms with Crippen LogP contribution in [0, 0.1) is 5.92 Å². The number of hydrogen-bond acceptors (Lipinski definition) is 4. The topological polar surface area (TPSA) is 55.0 Å². The molecule has 1 aliphatic heterocycles. The third-order valence-electron chi connectivity index (χ3n) is 4.32. The molecule has 0 amide bonds. The van der Waals surface area contributed by atoms with Gasteiger partial charge in [0.2, 0.25) is 5.95 Å². The molecule has 1 saturated carbocycles. The van der Waals surface area contributed by atoms with Crippen molar-refractivity contribution in [1.29, 1.82) is 0 Å². The summed E-state index contributed by atoms with van der Waals surface area (Å²) in [6.45, 7) is 0.753. The van der Waals surface area contributed by atoms with Gasteiger partial charge in [0, 0.05) is 18.7 Å². The van der Waals surface area contributed by atoms with E-state index in [-0.39, 0.29) is 5.95 Å². The van der Waals surface area contributed by atoms with E-state index >= 15 is 0 Å². The molecule has 20 heavy (non-hydrogen) atoms. The Kier molecular flexibility index (Phi) is 3.22. The average molecular weight is 286 g/mol. The van der Waals surface area contributed by atoms with Gasteiger partial charge in [0.15, 0.2) is 5.69 Å². The Morgan fingerprint density at radius 1 is 1.15 bits per heavy atom.